The number of aromatic nitrogens is 1. The van der Waals surface area contributed by atoms with E-state index in [4.69, 9.17) is 23.2 Å². The highest BCUT2D eigenvalue weighted by atomic mass is 35.5. The second-order valence-electron chi connectivity index (χ2n) is 3.84. The van der Waals surface area contributed by atoms with E-state index in [1.807, 2.05) is 29.8 Å². The van der Waals surface area contributed by atoms with Crippen LogP contribution in [0.4, 0.5) is 5.69 Å². The van der Waals surface area contributed by atoms with Crippen LogP contribution in [0.5, 0.6) is 0 Å². The van der Waals surface area contributed by atoms with Crippen LogP contribution in [-0.4, -0.2) is 4.98 Å². The van der Waals surface area contributed by atoms with Crippen molar-refractivity contribution in [3.8, 4) is 0 Å². The summed E-state index contributed by atoms with van der Waals surface area (Å²) < 4.78 is 4.44. The Morgan fingerprint density at radius 2 is 1.84 bits per heavy atom. The molecule has 0 radical (unpaired) electrons. The van der Waals surface area contributed by atoms with Gasteiger partial charge in [0.2, 0.25) is 0 Å². The van der Waals surface area contributed by atoms with Gasteiger partial charge in [0.25, 0.3) is 0 Å². The van der Waals surface area contributed by atoms with Crippen molar-refractivity contribution in [3.05, 3.63) is 52.0 Å². The Bertz CT molecular complexity index is 707. The number of thiazole rings is 1. The summed E-state index contributed by atoms with van der Waals surface area (Å²) in [6, 6.07) is 11.5. The summed E-state index contributed by atoms with van der Waals surface area (Å²) in [6.45, 7) is 0. The van der Waals surface area contributed by atoms with E-state index in [9.17, 15) is 0 Å². The summed E-state index contributed by atoms with van der Waals surface area (Å²) in [5.74, 6) is 0. The van der Waals surface area contributed by atoms with E-state index in [1.165, 1.54) is 11.9 Å². The third kappa shape index (κ3) is 3.15. The maximum atomic E-state index is 5.96. The lowest BCUT2D eigenvalue weighted by molar-refractivity contribution is 1.46. The standard InChI is InChI=1S/C13H8Cl2N2S2/c14-8-3-9(15)5-11(4-8)19-17-10-1-2-12-13(6-10)18-7-16-12/h1-7,17H. The molecule has 0 bridgehead atoms. The Hall–Kier alpha value is -0.940. The van der Waals surface area contributed by atoms with Crippen LogP contribution in [0.25, 0.3) is 10.2 Å². The first-order valence-electron chi connectivity index (χ1n) is 5.43. The zero-order valence-electron chi connectivity index (χ0n) is 9.56. The molecule has 0 aliphatic rings. The van der Waals surface area contributed by atoms with Gasteiger partial charge >= 0.3 is 0 Å². The maximum absolute atomic E-state index is 5.96. The highest BCUT2D eigenvalue weighted by Gasteiger charge is 2.02. The lowest BCUT2D eigenvalue weighted by atomic mass is 10.3. The van der Waals surface area contributed by atoms with Crippen LogP contribution in [-0.2, 0) is 0 Å². The average Bonchev–Trinajstić information content (AvgIpc) is 2.82. The molecule has 0 saturated heterocycles. The number of nitrogens with zero attached hydrogens (tertiary/aromatic N) is 1. The molecule has 0 fully saturated rings. The smallest absolute Gasteiger partial charge is 0.0813 e. The van der Waals surface area contributed by atoms with Gasteiger partial charge in [-0.3, -0.25) is 0 Å². The Morgan fingerprint density at radius 1 is 1.05 bits per heavy atom. The number of fused-ring (bicyclic) bond motifs is 1. The zero-order chi connectivity index (χ0) is 13.2. The molecule has 0 saturated carbocycles. The van der Waals surface area contributed by atoms with Crippen LogP contribution in [0.15, 0.2) is 46.8 Å². The Morgan fingerprint density at radius 3 is 2.63 bits per heavy atom. The van der Waals surface area contributed by atoms with Gasteiger partial charge in [0, 0.05) is 20.6 Å². The highest BCUT2D eigenvalue weighted by Crippen LogP contribution is 2.29. The molecule has 0 amide bonds. The molecule has 0 unspecified atom stereocenters. The van der Waals surface area contributed by atoms with Crippen molar-refractivity contribution in [2.24, 2.45) is 0 Å². The van der Waals surface area contributed by atoms with Crippen molar-refractivity contribution in [1.82, 2.24) is 4.98 Å². The molecule has 3 rings (SSSR count). The normalized spacial score (nSPS) is 10.8. The van der Waals surface area contributed by atoms with E-state index in [0.717, 1.165) is 20.8 Å². The average molecular weight is 327 g/mol. The van der Waals surface area contributed by atoms with Crippen molar-refractivity contribution in [2.45, 2.75) is 4.90 Å². The fourth-order valence-electron chi connectivity index (χ4n) is 1.62. The predicted molar refractivity (Wildman–Crippen MR) is 85.6 cm³/mol. The van der Waals surface area contributed by atoms with E-state index in [2.05, 4.69) is 15.8 Å². The minimum atomic E-state index is 0.634. The van der Waals surface area contributed by atoms with Crippen molar-refractivity contribution in [2.75, 3.05) is 4.72 Å². The molecule has 0 atom stereocenters. The topological polar surface area (TPSA) is 24.9 Å². The van der Waals surface area contributed by atoms with Crippen LogP contribution >= 0.6 is 46.5 Å². The van der Waals surface area contributed by atoms with Gasteiger partial charge in [0.15, 0.2) is 0 Å². The van der Waals surface area contributed by atoms with E-state index < -0.39 is 0 Å². The summed E-state index contributed by atoms with van der Waals surface area (Å²) in [4.78, 5) is 5.22. The molecular weight excluding hydrogens is 319 g/mol. The van der Waals surface area contributed by atoms with Gasteiger partial charge in [-0.2, -0.15) is 0 Å². The van der Waals surface area contributed by atoms with Gasteiger partial charge in [0.05, 0.1) is 15.7 Å². The second-order valence-corrected chi connectivity index (χ2v) is 6.48. The third-order valence-electron chi connectivity index (χ3n) is 2.45. The molecule has 1 aromatic heterocycles. The minimum absolute atomic E-state index is 0.634. The zero-order valence-corrected chi connectivity index (χ0v) is 12.7. The van der Waals surface area contributed by atoms with Crippen LogP contribution in [0.3, 0.4) is 0 Å². The molecule has 3 aromatic rings. The molecule has 0 aliphatic heterocycles. The molecule has 2 nitrogen and oxygen atoms in total. The van der Waals surface area contributed by atoms with Gasteiger partial charge < -0.3 is 4.72 Å². The van der Waals surface area contributed by atoms with Gasteiger partial charge in [-0.15, -0.1) is 11.3 Å². The SMILES string of the molecule is Clc1cc(Cl)cc(SNc2ccc3ncsc3c2)c1. The van der Waals surface area contributed by atoms with E-state index in [1.54, 1.807) is 17.4 Å². The highest BCUT2D eigenvalue weighted by molar-refractivity contribution is 8.00. The van der Waals surface area contributed by atoms with E-state index in [-0.39, 0.29) is 0 Å². The third-order valence-corrected chi connectivity index (χ3v) is 4.49. The molecular formula is C13H8Cl2N2S2. The summed E-state index contributed by atoms with van der Waals surface area (Å²) in [5.41, 5.74) is 3.89. The van der Waals surface area contributed by atoms with Crippen LogP contribution in [0, 0.1) is 0 Å². The summed E-state index contributed by atoms with van der Waals surface area (Å²) in [5, 5.41) is 1.27. The lowest BCUT2D eigenvalue weighted by Gasteiger charge is -2.06. The second kappa shape index (κ2) is 5.59. The summed E-state index contributed by atoms with van der Waals surface area (Å²) in [7, 11) is 0. The van der Waals surface area contributed by atoms with Gasteiger partial charge in [-0.25, -0.2) is 4.98 Å². The van der Waals surface area contributed by atoms with Crippen LogP contribution in [0.1, 0.15) is 0 Å². The largest absolute Gasteiger partial charge is 0.326 e. The first-order valence-corrected chi connectivity index (χ1v) is 7.88. The quantitative estimate of drug-likeness (QED) is 0.623. The molecule has 0 aliphatic carbocycles. The van der Waals surface area contributed by atoms with E-state index in [0.29, 0.717) is 10.0 Å². The lowest BCUT2D eigenvalue weighted by Crippen LogP contribution is -1.86. The number of rotatable bonds is 3. The summed E-state index contributed by atoms with van der Waals surface area (Å²) in [6.07, 6.45) is 0. The van der Waals surface area contributed by atoms with Gasteiger partial charge in [-0.1, -0.05) is 23.2 Å². The number of halogens is 2. The number of hydrogen-bond donors (Lipinski definition) is 1. The van der Waals surface area contributed by atoms with Gasteiger partial charge in [0.1, 0.15) is 0 Å². The fraction of sp³-hybridized carbons (Fsp3) is 0. The Kier molecular flexibility index (Phi) is 3.84. The molecule has 19 heavy (non-hydrogen) atoms. The Labute approximate surface area is 128 Å². The molecule has 1 N–H and O–H groups in total. The first-order chi connectivity index (χ1) is 9.20. The van der Waals surface area contributed by atoms with Crippen molar-refractivity contribution < 1.29 is 0 Å². The number of hydrogen-bond acceptors (Lipinski definition) is 4. The van der Waals surface area contributed by atoms with Gasteiger partial charge in [-0.05, 0) is 48.3 Å². The predicted octanol–water partition coefficient (Wildman–Crippen LogP) is 5.72. The number of nitrogens with one attached hydrogen (secondary N) is 1. The number of anilines is 1. The number of benzene rings is 2. The maximum Gasteiger partial charge on any atom is 0.0813 e. The van der Waals surface area contributed by atoms with Crippen molar-refractivity contribution >= 4 is 62.4 Å². The molecule has 1 heterocycles. The summed E-state index contributed by atoms with van der Waals surface area (Å²) >= 11 is 15.0. The molecule has 0 spiro atoms. The molecule has 96 valence electrons. The first kappa shape index (κ1) is 13.1. The molecule has 6 heteroatoms. The van der Waals surface area contributed by atoms with Crippen LogP contribution < -0.4 is 4.72 Å². The monoisotopic (exact) mass is 326 g/mol. The Balaban J connectivity index is 1.77. The van der Waals surface area contributed by atoms with Crippen molar-refractivity contribution in [1.29, 1.82) is 0 Å². The van der Waals surface area contributed by atoms with E-state index >= 15 is 0 Å². The fourth-order valence-corrected chi connectivity index (χ4v) is 3.73. The van der Waals surface area contributed by atoms with Crippen LogP contribution in [0.2, 0.25) is 10.0 Å². The minimum Gasteiger partial charge on any atom is -0.326 e. The molecule has 2 aromatic carbocycles. The van der Waals surface area contributed by atoms with Crippen molar-refractivity contribution in [3.63, 3.8) is 0 Å².